The number of carbonyl (C=O) groups is 1. The van der Waals surface area contributed by atoms with Crippen molar-refractivity contribution in [3.63, 3.8) is 0 Å². The van der Waals surface area contributed by atoms with Gasteiger partial charge in [0.15, 0.2) is 0 Å². The summed E-state index contributed by atoms with van der Waals surface area (Å²) >= 11 is 0. The fraction of sp³-hybridized carbons (Fsp3) is 0.467. The van der Waals surface area contributed by atoms with Crippen LogP contribution >= 0.6 is 12.4 Å². The lowest BCUT2D eigenvalue weighted by molar-refractivity contribution is -0.122. The van der Waals surface area contributed by atoms with Gasteiger partial charge in [-0.2, -0.15) is 0 Å². The number of amidine groups is 1. The van der Waals surface area contributed by atoms with Gasteiger partial charge in [-0.25, -0.2) is 8.42 Å². The Morgan fingerprint density at radius 1 is 1.38 bits per heavy atom. The smallest absolute Gasteiger partial charge is 0.263 e. The van der Waals surface area contributed by atoms with E-state index < -0.39 is 16.1 Å². The molecule has 3 rings (SSSR count). The summed E-state index contributed by atoms with van der Waals surface area (Å²) in [6.45, 7) is 3.39. The lowest BCUT2D eigenvalue weighted by Crippen LogP contribution is -2.48. The monoisotopic (exact) mass is 372 g/mol. The molecule has 1 unspecified atom stereocenters. The first-order valence-electron chi connectivity index (χ1n) is 7.68. The minimum Gasteiger partial charge on any atom is -0.350 e. The van der Waals surface area contributed by atoms with Crippen LogP contribution in [-0.4, -0.2) is 45.3 Å². The number of nitrogens with one attached hydrogen (secondary N) is 3. The molecule has 3 N–H and O–H groups in total. The molecule has 0 saturated carbocycles. The van der Waals surface area contributed by atoms with Gasteiger partial charge in [0.2, 0.25) is 5.91 Å². The highest BCUT2D eigenvalue weighted by Gasteiger charge is 2.31. The number of benzene rings is 1. The first kappa shape index (κ1) is 18.7. The molecule has 2 heterocycles. The topological polar surface area (TPSA) is 99.7 Å². The molecule has 9 heteroatoms. The molecule has 2 aliphatic heterocycles. The van der Waals surface area contributed by atoms with Crippen LogP contribution in [-0.2, 0) is 14.8 Å². The van der Waals surface area contributed by atoms with Crippen LogP contribution in [0.2, 0.25) is 0 Å². The van der Waals surface area contributed by atoms with E-state index in [-0.39, 0.29) is 35.1 Å². The van der Waals surface area contributed by atoms with Crippen LogP contribution < -0.4 is 15.4 Å². The fourth-order valence-electron chi connectivity index (χ4n) is 2.78. The van der Waals surface area contributed by atoms with Gasteiger partial charge in [0.25, 0.3) is 10.0 Å². The van der Waals surface area contributed by atoms with Crippen molar-refractivity contribution in [2.75, 3.05) is 13.1 Å². The number of nitrogens with zero attached hydrogens (tertiary/aromatic N) is 1. The molecule has 0 spiro atoms. The lowest BCUT2D eigenvalue weighted by Gasteiger charge is -2.24. The summed E-state index contributed by atoms with van der Waals surface area (Å²) in [7, 11) is -3.58. The summed E-state index contributed by atoms with van der Waals surface area (Å²) in [5.41, 5.74) is 0.506. The molecule has 1 aromatic carbocycles. The quantitative estimate of drug-likeness (QED) is 0.715. The van der Waals surface area contributed by atoms with E-state index >= 15 is 0 Å². The highest BCUT2D eigenvalue weighted by molar-refractivity contribution is 7.90. The third kappa shape index (κ3) is 3.88. The van der Waals surface area contributed by atoms with Crippen LogP contribution in [0.5, 0.6) is 0 Å². The highest BCUT2D eigenvalue weighted by Crippen LogP contribution is 2.22. The summed E-state index contributed by atoms with van der Waals surface area (Å²) in [5, 5.41) is 6.19. The number of sulfonamides is 1. The molecule has 0 bridgehead atoms. The van der Waals surface area contributed by atoms with E-state index in [1.807, 2.05) is 0 Å². The highest BCUT2D eigenvalue weighted by atomic mass is 35.5. The van der Waals surface area contributed by atoms with Gasteiger partial charge in [-0.05, 0) is 38.4 Å². The summed E-state index contributed by atoms with van der Waals surface area (Å²) in [6.07, 6.45) is 1.97. The van der Waals surface area contributed by atoms with Gasteiger partial charge in [0.05, 0.1) is 4.90 Å². The van der Waals surface area contributed by atoms with Crippen molar-refractivity contribution >= 4 is 34.2 Å². The zero-order valence-corrected chi connectivity index (χ0v) is 14.9. The van der Waals surface area contributed by atoms with Crippen molar-refractivity contribution in [2.45, 2.75) is 36.7 Å². The van der Waals surface area contributed by atoms with Crippen molar-refractivity contribution < 1.29 is 13.2 Å². The molecule has 0 aliphatic carbocycles. The summed E-state index contributed by atoms with van der Waals surface area (Å²) < 4.78 is 26.5. The van der Waals surface area contributed by atoms with E-state index in [4.69, 9.17) is 0 Å². The maximum absolute atomic E-state index is 12.2. The van der Waals surface area contributed by atoms with Gasteiger partial charge < -0.3 is 10.6 Å². The maximum atomic E-state index is 12.2. The van der Waals surface area contributed by atoms with Crippen LogP contribution in [0.3, 0.4) is 0 Å². The Morgan fingerprint density at radius 2 is 2.12 bits per heavy atom. The Balaban J connectivity index is 0.00000208. The van der Waals surface area contributed by atoms with E-state index in [2.05, 4.69) is 20.3 Å². The first-order chi connectivity index (χ1) is 11.0. The van der Waals surface area contributed by atoms with Crippen LogP contribution in [0.1, 0.15) is 25.3 Å². The SMILES string of the molecule is CC(N=C1NS(=O)(=O)c2ccccc21)C(=O)N[C@H]1CCCNC1.Cl. The summed E-state index contributed by atoms with van der Waals surface area (Å²) in [6, 6.07) is 6.05. The molecule has 24 heavy (non-hydrogen) atoms. The fourth-order valence-corrected chi connectivity index (χ4v) is 4.02. The minimum atomic E-state index is -3.58. The average molecular weight is 373 g/mol. The molecule has 1 saturated heterocycles. The Labute approximate surface area is 147 Å². The van der Waals surface area contributed by atoms with Gasteiger partial charge in [0, 0.05) is 18.2 Å². The van der Waals surface area contributed by atoms with E-state index in [1.165, 1.54) is 6.07 Å². The molecule has 0 radical (unpaired) electrons. The van der Waals surface area contributed by atoms with E-state index in [1.54, 1.807) is 25.1 Å². The van der Waals surface area contributed by atoms with Gasteiger partial charge >= 0.3 is 0 Å². The van der Waals surface area contributed by atoms with Gasteiger partial charge in [-0.15, -0.1) is 12.4 Å². The molecule has 2 aliphatic rings. The number of rotatable bonds is 3. The number of carbonyl (C=O) groups excluding carboxylic acids is 1. The van der Waals surface area contributed by atoms with Crippen LogP contribution in [0.15, 0.2) is 34.2 Å². The van der Waals surface area contributed by atoms with Crippen LogP contribution in [0, 0.1) is 0 Å². The second-order valence-electron chi connectivity index (χ2n) is 5.81. The second-order valence-corrected chi connectivity index (χ2v) is 7.46. The number of amides is 1. The number of hydrogen-bond donors (Lipinski definition) is 3. The average Bonchev–Trinajstić information content (AvgIpc) is 2.79. The maximum Gasteiger partial charge on any atom is 0.263 e. The molecular formula is C15H21ClN4O3S. The van der Waals surface area contributed by atoms with Crippen molar-refractivity contribution in [3.8, 4) is 0 Å². The number of piperidine rings is 1. The van der Waals surface area contributed by atoms with Crippen LogP contribution in [0.4, 0.5) is 0 Å². The van der Waals surface area contributed by atoms with Crippen molar-refractivity contribution in [1.29, 1.82) is 0 Å². The number of aliphatic imine (C=N–C) groups is 1. The van der Waals surface area contributed by atoms with Gasteiger partial charge in [-0.1, -0.05) is 12.1 Å². The number of halogens is 1. The zero-order valence-electron chi connectivity index (χ0n) is 13.3. The third-order valence-electron chi connectivity index (χ3n) is 4.01. The second kappa shape index (κ2) is 7.50. The molecule has 132 valence electrons. The Morgan fingerprint density at radius 3 is 2.83 bits per heavy atom. The van der Waals surface area contributed by atoms with Crippen LogP contribution in [0.25, 0.3) is 0 Å². The zero-order chi connectivity index (χ0) is 16.4. The third-order valence-corrected chi connectivity index (χ3v) is 5.41. The van der Waals surface area contributed by atoms with E-state index in [0.717, 1.165) is 25.9 Å². The molecular weight excluding hydrogens is 352 g/mol. The van der Waals surface area contributed by atoms with Crippen molar-refractivity contribution in [2.24, 2.45) is 4.99 Å². The number of hydrogen-bond acceptors (Lipinski definition) is 5. The van der Waals surface area contributed by atoms with Gasteiger partial charge in [0.1, 0.15) is 11.9 Å². The summed E-state index contributed by atoms with van der Waals surface area (Å²) in [4.78, 5) is 16.7. The molecule has 0 aromatic heterocycles. The Bertz CT molecular complexity index is 745. The normalized spacial score (nSPS) is 24.4. The van der Waals surface area contributed by atoms with E-state index in [9.17, 15) is 13.2 Å². The largest absolute Gasteiger partial charge is 0.350 e. The van der Waals surface area contributed by atoms with E-state index in [0.29, 0.717) is 5.56 Å². The van der Waals surface area contributed by atoms with Crippen molar-refractivity contribution in [1.82, 2.24) is 15.4 Å². The first-order valence-corrected chi connectivity index (χ1v) is 9.17. The molecule has 1 fully saturated rings. The van der Waals surface area contributed by atoms with Crippen molar-refractivity contribution in [3.05, 3.63) is 29.8 Å². The molecule has 7 nitrogen and oxygen atoms in total. The predicted octanol–water partition coefficient (Wildman–Crippen LogP) is 0.404. The standard InChI is InChI=1S/C15H20N4O3S.ClH/c1-10(15(20)18-11-5-4-8-16-9-11)17-14-12-6-2-3-7-13(12)23(21,22)19-14;/h2-3,6-7,10-11,16H,4-5,8-9H2,1H3,(H,17,19)(H,18,20);1H/t10?,11-;/m0./s1. The Kier molecular flexibility index (Phi) is 5.84. The Hall–Kier alpha value is -1.64. The number of fused-ring (bicyclic) bond motifs is 1. The molecule has 1 amide bonds. The molecule has 1 aromatic rings. The van der Waals surface area contributed by atoms with Gasteiger partial charge in [-0.3, -0.25) is 14.5 Å². The summed E-state index contributed by atoms with van der Waals surface area (Å²) in [5.74, 6) is 0.0276. The molecule has 2 atom stereocenters. The lowest BCUT2D eigenvalue weighted by atomic mass is 10.1. The predicted molar refractivity (Wildman–Crippen MR) is 94.0 cm³/mol. The minimum absolute atomic E-state index is 0.